The first kappa shape index (κ1) is 16.1. The van der Waals surface area contributed by atoms with Crippen LogP contribution in [0, 0.1) is 0 Å². The van der Waals surface area contributed by atoms with Crippen molar-refractivity contribution in [1.82, 2.24) is 5.32 Å². The predicted molar refractivity (Wildman–Crippen MR) is 89.8 cm³/mol. The molecule has 0 saturated carbocycles. The standard InChI is InChI=1S/C15H13ClN2O3S/c1-21-11-5-6-13(19)12(8-11)17-15(22)18-14(20)9-3-2-4-10(16)7-9/h2-8,19H,1H3,(H2,17,18,20,22). The maximum Gasteiger partial charge on any atom is 0.257 e. The van der Waals surface area contributed by atoms with Crippen LogP contribution in [0.3, 0.4) is 0 Å². The van der Waals surface area contributed by atoms with Crippen molar-refractivity contribution in [1.29, 1.82) is 0 Å². The second-order valence-electron chi connectivity index (χ2n) is 4.30. The smallest absolute Gasteiger partial charge is 0.257 e. The van der Waals surface area contributed by atoms with Gasteiger partial charge in [0.1, 0.15) is 11.5 Å². The molecule has 0 unspecified atom stereocenters. The maximum absolute atomic E-state index is 12.0. The Morgan fingerprint density at radius 3 is 2.73 bits per heavy atom. The van der Waals surface area contributed by atoms with Crippen molar-refractivity contribution in [2.75, 3.05) is 12.4 Å². The number of hydrogen-bond acceptors (Lipinski definition) is 4. The van der Waals surface area contributed by atoms with Crippen LogP contribution in [-0.2, 0) is 0 Å². The molecule has 0 radical (unpaired) electrons. The molecule has 0 bridgehead atoms. The largest absolute Gasteiger partial charge is 0.506 e. The molecule has 1 amide bonds. The van der Waals surface area contributed by atoms with E-state index in [1.165, 1.54) is 19.2 Å². The number of methoxy groups -OCH3 is 1. The average molecular weight is 337 g/mol. The molecule has 2 aromatic carbocycles. The van der Waals surface area contributed by atoms with Crippen molar-refractivity contribution >= 4 is 40.5 Å². The van der Waals surface area contributed by atoms with E-state index in [2.05, 4.69) is 10.6 Å². The van der Waals surface area contributed by atoms with Gasteiger partial charge in [0.2, 0.25) is 0 Å². The van der Waals surface area contributed by atoms with Gasteiger partial charge in [-0.1, -0.05) is 17.7 Å². The molecule has 2 rings (SSSR count). The minimum absolute atomic E-state index is 0.0137. The van der Waals surface area contributed by atoms with E-state index in [4.69, 9.17) is 28.6 Å². The molecule has 5 nitrogen and oxygen atoms in total. The first-order valence-electron chi connectivity index (χ1n) is 6.24. The van der Waals surface area contributed by atoms with Gasteiger partial charge < -0.3 is 15.2 Å². The highest BCUT2D eigenvalue weighted by Gasteiger charge is 2.10. The summed E-state index contributed by atoms with van der Waals surface area (Å²) in [7, 11) is 1.51. The lowest BCUT2D eigenvalue weighted by molar-refractivity contribution is 0.0977. The van der Waals surface area contributed by atoms with Crippen LogP contribution < -0.4 is 15.4 Å². The number of rotatable bonds is 3. The van der Waals surface area contributed by atoms with Gasteiger partial charge >= 0.3 is 0 Å². The highest BCUT2D eigenvalue weighted by molar-refractivity contribution is 7.80. The number of carbonyl (C=O) groups is 1. The number of phenolic OH excluding ortho intramolecular Hbond substituents is 1. The zero-order valence-corrected chi connectivity index (χ0v) is 13.2. The van der Waals surface area contributed by atoms with Gasteiger partial charge in [-0.3, -0.25) is 10.1 Å². The van der Waals surface area contributed by atoms with Gasteiger partial charge in [-0.05, 0) is 42.5 Å². The zero-order chi connectivity index (χ0) is 16.1. The van der Waals surface area contributed by atoms with Gasteiger partial charge in [0, 0.05) is 16.7 Å². The fourth-order valence-electron chi connectivity index (χ4n) is 1.70. The van der Waals surface area contributed by atoms with Crippen LogP contribution in [-0.4, -0.2) is 23.2 Å². The third-order valence-corrected chi connectivity index (χ3v) is 3.21. The number of amides is 1. The third-order valence-electron chi connectivity index (χ3n) is 2.77. The van der Waals surface area contributed by atoms with Gasteiger partial charge in [-0.2, -0.15) is 0 Å². The van der Waals surface area contributed by atoms with Crippen LogP contribution in [0.1, 0.15) is 10.4 Å². The lowest BCUT2D eigenvalue weighted by atomic mass is 10.2. The Kier molecular flexibility index (Phi) is 5.19. The maximum atomic E-state index is 12.0. The van der Waals surface area contributed by atoms with Crippen LogP contribution in [0.2, 0.25) is 5.02 Å². The summed E-state index contributed by atoms with van der Waals surface area (Å²) >= 11 is 10.9. The topological polar surface area (TPSA) is 70.6 Å². The molecular formula is C15H13ClN2O3S. The molecule has 0 aromatic heterocycles. The van der Waals surface area contributed by atoms with E-state index in [9.17, 15) is 9.90 Å². The highest BCUT2D eigenvalue weighted by atomic mass is 35.5. The van der Waals surface area contributed by atoms with E-state index < -0.39 is 5.91 Å². The number of halogens is 1. The van der Waals surface area contributed by atoms with Gasteiger partial charge in [-0.25, -0.2) is 0 Å². The van der Waals surface area contributed by atoms with E-state index in [-0.39, 0.29) is 10.9 Å². The summed E-state index contributed by atoms with van der Waals surface area (Å²) in [6, 6.07) is 11.1. The van der Waals surface area contributed by atoms with E-state index in [1.54, 1.807) is 30.3 Å². The second-order valence-corrected chi connectivity index (χ2v) is 5.15. The summed E-state index contributed by atoms with van der Waals surface area (Å²) in [4.78, 5) is 12.0. The van der Waals surface area contributed by atoms with E-state index in [1.807, 2.05) is 0 Å². The number of hydrogen-bond donors (Lipinski definition) is 3. The fourth-order valence-corrected chi connectivity index (χ4v) is 2.09. The number of anilines is 1. The van der Waals surface area contributed by atoms with Crippen molar-refractivity contribution in [3.8, 4) is 11.5 Å². The molecule has 2 aromatic rings. The first-order valence-corrected chi connectivity index (χ1v) is 7.03. The van der Waals surface area contributed by atoms with Crippen molar-refractivity contribution in [2.45, 2.75) is 0 Å². The molecule has 114 valence electrons. The third kappa shape index (κ3) is 4.09. The summed E-state index contributed by atoms with van der Waals surface area (Å²) < 4.78 is 5.06. The van der Waals surface area contributed by atoms with Crippen LogP contribution in [0.5, 0.6) is 11.5 Å². The molecule has 0 spiro atoms. The molecule has 7 heteroatoms. The number of thiocarbonyl (C=S) groups is 1. The number of ether oxygens (including phenoxy) is 1. The molecule has 0 aliphatic heterocycles. The van der Waals surface area contributed by atoms with Crippen LogP contribution in [0.4, 0.5) is 5.69 Å². The molecular weight excluding hydrogens is 324 g/mol. The Bertz CT molecular complexity index is 722. The monoisotopic (exact) mass is 336 g/mol. The van der Waals surface area contributed by atoms with Crippen molar-refractivity contribution in [3.63, 3.8) is 0 Å². The molecule has 0 aliphatic carbocycles. The van der Waals surface area contributed by atoms with E-state index >= 15 is 0 Å². The Labute approximate surface area is 137 Å². The van der Waals surface area contributed by atoms with Crippen molar-refractivity contribution < 1.29 is 14.6 Å². The fraction of sp³-hybridized carbons (Fsp3) is 0.0667. The lowest BCUT2D eigenvalue weighted by Crippen LogP contribution is -2.34. The molecule has 22 heavy (non-hydrogen) atoms. The normalized spacial score (nSPS) is 9.91. The number of nitrogens with one attached hydrogen (secondary N) is 2. The quantitative estimate of drug-likeness (QED) is 0.593. The molecule has 0 atom stereocenters. The Morgan fingerprint density at radius 2 is 2.05 bits per heavy atom. The Hall–Kier alpha value is -2.31. The predicted octanol–water partition coefficient (Wildman–Crippen LogP) is 3.18. The Morgan fingerprint density at radius 1 is 1.27 bits per heavy atom. The molecule has 0 fully saturated rings. The van der Waals surface area contributed by atoms with Gasteiger partial charge in [0.15, 0.2) is 5.11 Å². The van der Waals surface area contributed by atoms with Crippen molar-refractivity contribution in [3.05, 3.63) is 53.1 Å². The Balaban J connectivity index is 2.05. The number of aromatic hydroxyl groups is 1. The summed E-state index contributed by atoms with van der Waals surface area (Å²) in [5.41, 5.74) is 0.710. The van der Waals surface area contributed by atoms with E-state index in [0.717, 1.165) is 0 Å². The number of phenols is 1. The summed E-state index contributed by atoms with van der Waals surface area (Å²) in [6.45, 7) is 0. The second kappa shape index (κ2) is 7.11. The van der Waals surface area contributed by atoms with Crippen LogP contribution in [0.15, 0.2) is 42.5 Å². The minimum atomic E-state index is -0.401. The highest BCUT2D eigenvalue weighted by Crippen LogP contribution is 2.27. The van der Waals surface area contributed by atoms with Crippen LogP contribution in [0.25, 0.3) is 0 Å². The molecule has 3 N–H and O–H groups in total. The first-order chi connectivity index (χ1) is 10.5. The van der Waals surface area contributed by atoms with Crippen molar-refractivity contribution in [2.24, 2.45) is 0 Å². The molecule has 0 aliphatic rings. The molecule has 0 saturated heterocycles. The average Bonchev–Trinajstić information content (AvgIpc) is 2.49. The summed E-state index contributed by atoms with van der Waals surface area (Å²) in [5, 5.41) is 15.5. The minimum Gasteiger partial charge on any atom is -0.506 e. The summed E-state index contributed by atoms with van der Waals surface area (Å²) in [6.07, 6.45) is 0. The van der Waals surface area contributed by atoms with E-state index in [0.29, 0.717) is 22.0 Å². The zero-order valence-electron chi connectivity index (χ0n) is 11.6. The number of benzene rings is 2. The summed E-state index contributed by atoms with van der Waals surface area (Å²) in [5.74, 6) is 0.131. The molecule has 0 heterocycles. The van der Waals surface area contributed by atoms with Gasteiger partial charge in [0.25, 0.3) is 5.91 Å². The van der Waals surface area contributed by atoms with Gasteiger partial charge in [-0.15, -0.1) is 0 Å². The number of carbonyl (C=O) groups excluding carboxylic acids is 1. The van der Waals surface area contributed by atoms with Gasteiger partial charge in [0.05, 0.1) is 12.8 Å². The van der Waals surface area contributed by atoms with Crippen LogP contribution >= 0.6 is 23.8 Å². The SMILES string of the molecule is COc1ccc(O)c(NC(=S)NC(=O)c2cccc(Cl)c2)c1. The lowest BCUT2D eigenvalue weighted by Gasteiger charge is -2.12.